The van der Waals surface area contributed by atoms with Crippen LogP contribution in [0.4, 0.5) is 0 Å². The van der Waals surface area contributed by atoms with Gasteiger partial charge in [0.25, 0.3) is 0 Å². The normalized spacial score (nSPS) is 14.7. The van der Waals surface area contributed by atoms with Crippen LogP contribution in [0.25, 0.3) is 0 Å². The summed E-state index contributed by atoms with van der Waals surface area (Å²) < 4.78 is 5.42. The summed E-state index contributed by atoms with van der Waals surface area (Å²) in [5, 5.41) is 0. The van der Waals surface area contributed by atoms with Crippen molar-refractivity contribution in [3.05, 3.63) is 39.5 Å². The third-order valence-corrected chi connectivity index (χ3v) is 3.52. The summed E-state index contributed by atoms with van der Waals surface area (Å²) in [4.78, 5) is 26.3. The highest BCUT2D eigenvalue weighted by atomic mass is 79.9. The number of hydrogen-bond acceptors (Lipinski definition) is 4. The van der Waals surface area contributed by atoms with E-state index >= 15 is 0 Å². The zero-order chi connectivity index (χ0) is 13.4. The van der Waals surface area contributed by atoms with Crippen molar-refractivity contribution in [3.8, 4) is 5.75 Å². The zero-order valence-corrected chi connectivity index (χ0v) is 11.9. The molecule has 0 aromatic heterocycles. The minimum atomic E-state index is -0.231. The summed E-state index contributed by atoms with van der Waals surface area (Å²) in [6.45, 7) is 0. The number of carbonyl (C=O) groups is 2. The maximum Gasteiger partial charge on any atom is 0.211 e. The van der Waals surface area contributed by atoms with E-state index in [0.717, 1.165) is 0 Å². The third-order valence-electron chi connectivity index (χ3n) is 2.79. The molecule has 0 saturated heterocycles. The van der Waals surface area contributed by atoms with Gasteiger partial charge in [-0.3, -0.25) is 9.59 Å². The monoisotopic (exact) mass is 309 g/mol. The first-order valence-electron chi connectivity index (χ1n) is 5.32. The molecule has 1 aromatic carbocycles. The number of allylic oxidation sites excluding steroid dienone is 2. The summed E-state index contributed by atoms with van der Waals surface area (Å²) in [6, 6.07) is 5.02. The van der Waals surface area contributed by atoms with Crippen LogP contribution >= 0.6 is 15.9 Å². The minimum absolute atomic E-state index is 0.180. The third kappa shape index (κ3) is 1.75. The van der Waals surface area contributed by atoms with E-state index in [4.69, 9.17) is 4.74 Å². The minimum Gasteiger partial charge on any atom is -0.496 e. The molecule has 2 rings (SSSR count). The Morgan fingerprint density at radius 1 is 1.17 bits per heavy atom. The van der Waals surface area contributed by atoms with Gasteiger partial charge in [-0.15, -0.1) is 0 Å². The topological polar surface area (TPSA) is 46.6 Å². The van der Waals surface area contributed by atoms with Gasteiger partial charge in [-0.1, -0.05) is 6.07 Å². The number of hydrogen-bond donors (Lipinski definition) is 0. The Labute approximate surface area is 113 Å². The lowest BCUT2D eigenvalue weighted by Gasteiger charge is -2.24. The van der Waals surface area contributed by atoms with Crippen LogP contribution in [-0.2, 0) is 0 Å². The first kappa shape index (κ1) is 12.8. The summed E-state index contributed by atoms with van der Waals surface area (Å²) in [6.07, 6.45) is 0. The van der Waals surface area contributed by atoms with Crippen LogP contribution in [0.3, 0.4) is 0 Å². The van der Waals surface area contributed by atoms with Gasteiger partial charge < -0.3 is 9.64 Å². The van der Waals surface area contributed by atoms with Crippen molar-refractivity contribution < 1.29 is 14.3 Å². The van der Waals surface area contributed by atoms with Crippen molar-refractivity contribution in [3.63, 3.8) is 0 Å². The predicted molar refractivity (Wildman–Crippen MR) is 71.3 cm³/mol. The highest BCUT2D eigenvalue weighted by Gasteiger charge is 2.34. The first-order valence-corrected chi connectivity index (χ1v) is 6.11. The van der Waals surface area contributed by atoms with E-state index in [0.29, 0.717) is 22.6 Å². The van der Waals surface area contributed by atoms with Crippen LogP contribution in [0.1, 0.15) is 20.7 Å². The van der Waals surface area contributed by atoms with Gasteiger partial charge in [0.05, 0.1) is 17.2 Å². The van der Waals surface area contributed by atoms with Crippen LogP contribution < -0.4 is 4.74 Å². The quantitative estimate of drug-likeness (QED) is 0.840. The van der Waals surface area contributed by atoms with Crippen molar-refractivity contribution in [1.29, 1.82) is 0 Å². The molecule has 0 heterocycles. The van der Waals surface area contributed by atoms with Crippen LogP contribution in [-0.4, -0.2) is 37.7 Å². The van der Waals surface area contributed by atoms with Crippen LogP contribution in [0.15, 0.2) is 28.4 Å². The Morgan fingerprint density at radius 2 is 1.83 bits per heavy atom. The second-order valence-corrected chi connectivity index (χ2v) is 4.89. The number of rotatable bonds is 2. The molecule has 0 spiro atoms. The average molecular weight is 310 g/mol. The average Bonchev–Trinajstić information content (AvgIpc) is 2.35. The SMILES string of the molecule is COc1cccc2c1C(=O)C(Br)=C(N(C)C)C2=O. The van der Waals surface area contributed by atoms with E-state index in [2.05, 4.69) is 15.9 Å². The molecule has 0 atom stereocenters. The number of likely N-dealkylation sites (N-methyl/N-ethyl adjacent to an activating group) is 1. The highest BCUT2D eigenvalue weighted by Crippen LogP contribution is 2.35. The van der Waals surface area contributed by atoms with Crippen molar-refractivity contribution in [2.45, 2.75) is 0 Å². The second-order valence-electron chi connectivity index (χ2n) is 4.10. The van der Waals surface area contributed by atoms with Gasteiger partial charge in [0, 0.05) is 19.7 Å². The molecule has 0 radical (unpaired) electrons. The van der Waals surface area contributed by atoms with E-state index in [1.165, 1.54) is 7.11 Å². The Kier molecular flexibility index (Phi) is 3.26. The molecule has 0 fully saturated rings. The Hall–Kier alpha value is -1.62. The number of ether oxygens (including phenoxy) is 1. The van der Waals surface area contributed by atoms with Crippen molar-refractivity contribution in [1.82, 2.24) is 4.90 Å². The van der Waals surface area contributed by atoms with E-state index in [9.17, 15) is 9.59 Å². The van der Waals surface area contributed by atoms with E-state index < -0.39 is 0 Å². The standard InChI is InChI=1S/C13H12BrNO3/c1-15(2)11-10(14)13(17)9-7(12(11)16)5-4-6-8(9)18-3/h4-6H,1-3H3. The lowest BCUT2D eigenvalue weighted by Crippen LogP contribution is -2.28. The summed E-state index contributed by atoms with van der Waals surface area (Å²) in [7, 11) is 4.94. The molecule has 0 unspecified atom stereocenters. The van der Waals surface area contributed by atoms with Crippen LogP contribution in [0.2, 0.25) is 0 Å². The number of fused-ring (bicyclic) bond motifs is 1. The molecule has 0 amide bonds. The molecule has 1 aliphatic rings. The molecule has 18 heavy (non-hydrogen) atoms. The number of Topliss-reactive ketones (excluding diaryl/α,β-unsaturated/α-hetero) is 2. The van der Waals surface area contributed by atoms with Crippen LogP contribution in [0, 0.1) is 0 Å². The number of carbonyl (C=O) groups excluding carboxylic acids is 2. The predicted octanol–water partition coefficient (Wildman–Crippen LogP) is 2.24. The molecule has 1 aromatic rings. The Morgan fingerprint density at radius 3 is 2.39 bits per heavy atom. The molecule has 0 bridgehead atoms. The fraction of sp³-hybridized carbons (Fsp3) is 0.231. The lowest BCUT2D eigenvalue weighted by atomic mass is 9.91. The number of halogens is 1. The summed E-state index contributed by atoms with van der Waals surface area (Å²) in [5.74, 6) is 0.00623. The molecule has 94 valence electrons. The fourth-order valence-corrected chi connectivity index (χ4v) is 2.70. The molecule has 0 N–H and O–H groups in total. The molecule has 5 heteroatoms. The van der Waals surface area contributed by atoms with Gasteiger partial charge in [0.1, 0.15) is 11.4 Å². The smallest absolute Gasteiger partial charge is 0.211 e. The van der Waals surface area contributed by atoms with Gasteiger partial charge in [0.15, 0.2) is 0 Å². The van der Waals surface area contributed by atoms with Crippen LogP contribution in [0.5, 0.6) is 5.75 Å². The van der Waals surface area contributed by atoms with E-state index in [1.807, 2.05) is 0 Å². The molecular weight excluding hydrogens is 298 g/mol. The van der Waals surface area contributed by atoms with E-state index in [-0.39, 0.29) is 16.0 Å². The van der Waals surface area contributed by atoms with Crippen molar-refractivity contribution in [2.24, 2.45) is 0 Å². The molecule has 0 aliphatic heterocycles. The fourth-order valence-electron chi connectivity index (χ4n) is 1.97. The number of benzene rings is 1. The maximum atomic E-state index is 12.3. The largest absolute Gasteiger partial charge is 0.496 e. The maximum absolute atomic E-state index is 12.3. The molecule has 1 aliphatic carbocycles. The van der Waals surface area contributed by atoms with E-state index in [1.54, 1.807) is 37.2 Å². The van der Waals surface area contributed by atoms with Crippen molar-refractivity contribution >= 4 is 27.5 Å². The molecular formula is C13H12BrNO3. The Balaban J connectivity index is 2.72. The first-order chi connectivity index (χ1) is 8.49. The zero-order valence-electron chi connectivity index (χ0n) is 10.3. The summed E-state index contributed by atoms with van der Waals surface area (Å²) in [5.41, 5.74) is 1.06. The Bertz CT molecular complexity index is 576. The molecule has 4 nitrogen and oxygen atoms in total. The lowest BCUT2D eigenvalue weighted by molar-refractivity contribution is 0.0958. The van der Waals surface area contributed by atoms with Gasteiger partial charge >= 0.3 is 0 Å². The van der Waals surface area contributed by atoms with Gasteiger partial charge in [-0.2, -0.15) is 0 Å². The highest BCUT2D eigenvalue weighted by molar-refractivity contribution is 9.12. The number of nitrogens with zero attached hydrogens (tertiary/aromatic N) is 1. The van der Waals surface area contributed by atoms with Gasteiger partial charge in [0.2, 0.25) is 11.6 Å². The summed E-state index contributed by atoms with van der Waals surface area (Å²) >= 11 is 3.21. The van der Waals surface area contributed by atoms with Gasteiger partial charge in [-0.05, 0) is 28.1 Å². The number of ketones is 2. The number of methoxy groups -OCH3 is 1. The second kappa shape index (κ2) is 4.57. The van der Waals surface area contributed by atoms with Crippen molar-refractivity contribution in [2.75, 3.05) is 21.2 Å². The molecule has 0 saturated carbocycles. The van der Waals surface area contributed by atoms with Gasteiger partial charge in [-0.25, -0.2) is 0 Å².